The molecule has 1 heterocycles. The second-order valence-electron chi connectivity index (χ2n) is 6.60. The number of amides is 1. The van der Waals surface area contributed by atoms with E-state index < -0.39 is 0 Å². The molecule has 22 heavy (non-hydrogen) atoms. The molecule has 1 N–H and O–H groups in total. The largest absolute Gasteiger partial charge is 0.486 e. The van der Waals surface area contributed by atoms with Crippen molar-refractivity contribution in [2.24, 2.45) is 11.8 Å². The van der Waals surface area contributed by atoms with Gasteiger partial charge in [0.15, 0.2) is 11.5 Å². The summed E-state index contributed by atoms with van der Waals surface area (Å²) < 4.78 is 11.1. The molecule has 3 rings (SSSR count). The van der Waals surface area contributed by atoms with E-state index >= 15 is 0 Å². The maximum absolute atomic E-state index is 12.3. The third kappa shape index (κ3) is 3.37. The van der Waals surface area contributed by atoms with Gasteiger partial charge in [0.1, 0.15) is 13.2 Å². The number of hydrogen-bond acceptors (Lipinski definition) is 3. The summed E-state index contributed by atoms with van der Waals surface area (Å²) in [6.07, 6.45) is 3.98. The van der Waals surface area contributed by atoms with Crippen LogP contribution >= 0.6 is 0 Å². The van der Waals surface area contributed by atoms with E-state index in [9.17, 15) is 4.79 Å². The second-order valence-corrected chi connectivity index (χ2v) is 6.60. The number of benzene rings is 1. The summed E-state index contributed by atoms with van der Waals surface area (Å²) in [6, 6.07) is 6.07. The zero-order valence-corrected chi connectivity index (χ0v) is 13.4. The highest BCUT2D eigenvalue weighted by Gasteiger charge is 2.28. The zero-order valence-electron chi connectivity index (χ0n) is 13.4. The van der Waals surface area contributed by atoms with Gasteiger partial charge in [0, 0.05) is 6.04 Å². The Hall–Kier alpha value is -1.71. The molecule has 0 spiro atoms. The minimum Gasteiger partial charge on any atom is -0.486 e. The lowest BCUT2D eigenvalue weighted by Gasteiger charge is -2.34. The smallest absolute Gasteiger partial charge is 0.224 e. The summed E-state index contributed by atoms with van der Waals surface area (Å²) in [6.45, 7) is 5.69. The summed E-state index contributed by atoms with van der Waals surface area (Å²) in [5.74, 6) is 2.86. The van der Waals surface area contributed by atoms with E-state index in [1.807, 2.05) is 18.2 Å². The maximum Gasteiger partial charge on any atom is 0.224 e. The SMILES string of the molecule is CC1CCCC(NC(=O)Cc2ccc3c(c2)OCCO3)C1C. The van der Waals surface area contributed by atoms with Crippen molar-refractivity contribution in [3.05, 3.63) is 23.8 Å². The average Bonchev–Trinajstić information content (AvgIpc) is 2.52. The first kappa shape index (κ1) is 15.2. The van der Waals surface area contributed by atoms with Gasteiger partial charge in [-0.05, 0) is 36.0 Å². The molecule has 3 unspecified atom stereocenters. The second kappa shape index (κ2) is 6.59. The third-order valence-corrected chi connectivity index (χ3v) is 5.02. The maximum atomic E-state index is 12.3. The summed E-state index contributed by atoms with van der Waals surface area (Å²) in [7, 11) is 0. The highest BCUT2D eigenvalue weighted by molar-refractivity contribution is 5.79. The molecule has 1 saturated carbocycles. The third-order valence-electron chi connectivity index (χ3n) is 5.02. The van der Waals surface area contributed by atoms with Gasteiger partial charge in [-0.2, -0.15) is 0 Å². The minimum atomic E-state index is 0.0997. The Bertz CT molecular complexity index is 543. The first-order chi connectivity index (χ1) is 10.6. The Morgan fingerprint density at radius 2 is 1.95 bits per heavy atom. The summed E-state index contributed by atoms with van der Waals surface area (Å²) in [5.41, 5.74) is 0.971. The Morgan fingerprint density at radius 3 is 2.77 bits per heavy atom. The lowest BCUT2D eigenvalue weighted by Crippen LogP contribution is -2.44. The van der Waals surface area contributed by atoms with Crippen molar-refractivity contribution in [1.82, 2.24) is 5.32 Å². The molecular formula is C18H25NO3. The number of hydrogen-bond donors (Lipinski definition) is 1. The Balaban J connectivity index is 1.59. The van der Waals surface area contributed by atoms with E-state index in [1.165, 1.54) is 12.8 Å². The van der Waals surface area contributed by atoms with Gasteiger partial charge in [0.05, 0.1) is 6.42 Å². The molecule has 1 aliphatic heterocycles. The lowest BCUT2D eigenvalue weighted by molar-refractivity contribution is -0.121. The standard InChI is InChI=1S/C18H25NO3/c1-12-4-3-5-15(13(12)2)19-18(20)11-14-6-7-16-17(10-14)22-9-8-21-16/h6-7,10,12-13,15H,3-5,8-9,11H2,1-2H3,(H,19,20). The van der Waals surface area contributed by atoms with Crippen LogP contribution in [-0.2, 0) is 11.2 Å². The monoisotopic (exact) mass is 303 g/mol. The van der Waals surface area contributed by atoms with Crippen molar-refractivity contribution in [3.63, 3.8) is 0 Å². The molecule has 4 heteroatoms. The minimum absolute atomic E-state index is 0.0997. The summed E-state index contributed by atoms with van der Waals surface area (Å²) in [5, 5.41) is 3.22. The van der Waals surface area contributed by atoms with E-state index in [0.717, 1.165) is 23.5 Å². The lowest BCUT2D eigenvalue weighted by atomic mass is 9.78. The molecule has 2 aliphatic rings. The molecule has 1 aromatic rings. The Kier molecular flexibility index (Phi) is 4.55. The molecule has 1 amide bonds. The highest BCUT2D eigenvalue weighted by Crippen LogP contribution is 2.31. The molecule has 3 atom stereocenters. The van der Waals surface area contributed by atoms with Crippen molar-refractivity contribution >= 4 is 5.91 Å². The zero-order chi connectivity index (χ0) is 15.5. The predicted octanol–water partition coefficient (Wildman–Crippen LogP) is 2.94. The van der Waals surface area contributed by atoms with Crippen molar-refractivity contribution in [3.8, 4) is 11.5 Å². The molecule has 1 fully saturated rings. The molecule has 1 aromatic carbocycles. The van der Waals surface area contributed by atoms with Crippen molar-refractivity contribution < 1.29 is 14.3 Å². The topological polar surface area (TPSA) is 47.6 Å². The predicted molar refractivity (Wildman–Crippen MR) is 85.2 cm³/mol. The molecular weight excluding hydrogens is 278 g/mol. The fourth-order valence-electron chi connectivity index (χ4n) is 3.43. The average molecular weight is 303 g/mol. The van der Waals surface area contributed by atoms with Crippen molar-refractivity contribution in [1.29, 1.82) is 0 Å². The number of ether oxygens (including phenoxy) is 2. The number of fused-ring (bicyclic) bond motifs is 1. The van der Waals surface area contributed by atoms with Crippen LogP contribution in [0.1, 0.15) is 38.7 Å². The van der Waals surface area contributed by atoms with E-state index in [4.69, 9.17) is 9.47 Å². The molecule has 0 bridgehead atoms. The number of carbonyl (C=O) groups is 1. The van der Waals surface area contributed by atoms with Gasteiger partial charge in [-0.1, -0.05) is 32.8 Å². The Labute approximate surface area is 132 Å². The van der Waals surface area contributed by atoms with Gasteiger partial charge >= 0.3 is 0 Å². The number of nitrogens with one attached hydrogen (secondary N) is 1. The van der Waals surface area contributed by atoms with Crippen LogP contribution < -0.4 is 14.8 Å². The molecule has 4 nitrogen and oxygen atoms in total. The van der Waals surface area contributed by atoms with E-state index in [0.29, 0.717) is 37.5 Å². The molecule has 0 aromatic heterocycles. The first-order valence-electron chi connectivity index (χ1n) is 8.31. The van der Waals surface area contributed by atoms with Crippen LogP contribution in [0.25, 0.3) is 0 Å². The molecule has 0 radical (unpaired) electrons. The molecule has 0 saturated heterocycles. The fourth-order valence-corrected chi connectivity index (χ4v) is 3.43. The normalized spacial score (nSPS) is 27.3. The van der Waals surface area contributed by atoms with Gasteiger partial charge in [-0.3, -0.25) is 4.79 Å². The van der Waals surface area contributed by atoms with E-state index in [2.05, 4.69) is 19.2 Å². The van der Waals surface area contributed by atoms with Crippen LogP contribution in [0.5, 0.6) is 11.5 Å². The van der Waals surface area contributed by atoms with Crippen LogP contribution in [0.15, 0.2) is 18.2 Å². The van der Waals surface area contributed by atoms with Crippen LogP contribution in [0, 0.1) is 11.8 Å². The van der Waals surface area contributed by atoms with Crippen LogP contribution in [0.4, 0.5) is 0 Å². The van der Waals surface area contributed by atoms with Crippen LogP contribution in [0.3, 0.4) is 0 Å². The first-order valence-corrected chi connectivity index (χ1v) is 8.31. The van der Waals surface area contributed by atoms with Gasteiger partial charge in [0.2, 0.25) is 5.91 Å². The quantitative estimate of drug-likeness (QED) is 0.934. The van der Waals surface area contributed by atoms with Crippen LogP contribution in [-0.4, -0.2) is 25.2 Å². The number of carbonyl (C=O) groups excluding carboxylic acids is 1. The van der Waals surface area contributed by atoms with E-state index in [-0.39, 0.29) is 5.91 Å². The van der Waals surface area contributed by atoms with Gasteiger partial charge < -0.3 is 14.8 Å². The fraction of sp³-hybridized carbons (Fsp3) is 0.611. The molecule has 120 valence electrons. The van der Waals surface area contributed by atoms with E-state index in [1.54, 1.807) is 0 Å². The van der Waals surface area contributed by atoms with Gasteiger partial charge in [-0.15, -0.1) is 0 Å². The van der Waals surface area contributed by atoms with Crippen molar-refractivity contribution in [2.75, 3.05) is 13.2 Å². The van der Waals surface area contributed by atoms with Crippen molar-refractivity contribution in [2.45, 2.75) is 45.6 Å². The van der Waals surface area contributed by atoms with Gasteiger partial charge in [-0.25, -0.2) is 0 Å². The summed E-state index contributed by atoms with van der Waals surface area (Å²) >= 11 is 0. The van der Waals surface area contributed by atoms with Crippen LogP contribution in [0.2, 0.25) is 0 Å². The number of rotatable bonds is 3. The highest BCUT2D eigenvalue weighted by atomic mass is 16.6. The Morgan fingerprint density at radius 1 is 1.18 bits per heavy atom. The molecule has 1 aliphatic carbocycles. The summed E-state index contributed by atoms with van der Waals surface area (Å²) in [4.78, 5) is 12.3. The van der Waals surface area contributed by atoms with Gasteiger partial charge in [0.25, 0.3) is 0 Å².